The van der Waals surface area contributed by atoms with Crippen LogP contribution in [-0.4, -0.2) is 51.1 Å². The first-order valence-electron chi connectivity index (χ1n) is 2.29. The Balaban J connectivity index is -0.000000140. The van der Waals surface area contributed by atoms with Gasteiger partial charge in [0.2, 0.25) is 0 Å². The van der Waals surface area contributed by atoms with E-state index in [9.17, 15) is 9.13 Å². The third-order valence-electron chi connectivity index (χ3n) is 0.175. The molecular formula is C2H10NaO6P2. The predicted molar refractivity (Wildman–Crippen MR) is 42.0 cm³/mol. The summed E-state index contributed by atoms with van der Waals surface area (Å²) in [6.45, 7) is 1.93. The van der Waals surface area contributed by atoms with Crippen LogP contribution in [0.3, 0.4) is 0 Å². The van der Waals surface area contributed by atoms with Gasteiger partial charge < -0.3 is 14.9 Å². The van der Waals surface area contributed by atoms with Gasteiger partial charge in [0.25, 0.3) is 0 Å². The molecule has 0 aliphatic heterocycles. The molecule has 1 radical (unpaired) electrons. The Morgan fingerprint density at radius 3 is 1.45 bits per heavy atom. The fraction of sp³-hybridized carbons (Fsp3) is 1.00. The van der Waals surface area contributed by atoms with Gasteiger partial charge in [0.05, 0.1) is 0 Å². The Morgan fingerprint density at radius 1 is 1.27 bits per heavy atom. The van der Waals surface area contributed by atoms with Crippen LogP contribution in [0.15, 0.2) is 0 Å². The largest absolute Gasteiger partial charge is 0.397 e. The molecule has 2 atom stereocenters. The first-order chi connectivity index (χ1) is 4.54. The van der Waals surface area contributed by atoms with Crippen LogP contribution in [-0.2, 0) is 13.4 Å². The molecule has 0 saturated carbocycles. The molecule has 0 aliphatic carbocycles. The normalized spacial score (nSPS) is 13.5. The van der Waals surface area contributed by atoms with Crippen molar-refractivity contribution in [2.75, 3.05) is 6.61 Å². The monoisotopic (exact) mass is 215 g/mol. The zero-order chi connectivity index (χ0) is 8.57. The van der Waals surface area contributed by atoms with Crippen LogP contribution >= 0.6 is 16.5 Å². The molecule has 0 aromatic rings. The first-order valence-corrected chi connectivity index (χ1v) is 4.81. The maximum atomic E-state index is 9.44. The van der Waals surface area contributed by atoms with E-state index in [0.717, 1.165) is 0 Å². The Kier molecular flexibility index (Phi) is 22.9. The Bertz CT molecular complexity index is 105. The smallest absolute Gasteiger partial charge is 0.323 e. The van der Waals surface area contributed by atoms with Crippen molar-refractivity contribution >= 4 is 46.1 Å². The molecule has 0 bridgehead atoms. The van der Waals surface area contributed by atoms with Crippen LogP contribution in [0.5, 0.6) is 0 Å². The number of aliphatic hydroxyl groups excluding tert-OH is 1. The first kappa shape index (κ1) is 18.2. The van der Waals surface area contributed by atoms with Crippen molar-refractivity contribution in [2.24, 2.45) is 0 Å². The van der Waals surface area contributed by atoms with Gasteiger partial charge in [0.15, 0.2) is 0 Å². The van der Waals surface area contributed by atoms with Crippen LogP contribution in [0, 0.1) is 0 Å². The van der Waals surface area contributed by atoms with E-state index in [1.165, 1.54) is 0 Å². The van der Waals surface area contributed by atoms with E-state index in [-0.39, 0.29) is 36.2 Å². The summed E-state index contributed by atoms with van der Waals surface area (Å²) in [5.74, 6) is 0. The second kappa shape index (κ2) is 13.9. The van der Waals surface area contributed by atoms with Gasteiger partial charge in [-0.1, -0.05) is 0 Å². The molecule has 9 heteroatoms. The van der Waals surface area contributed by atoms with Crippen molar-refractivity contribution in [3.05, 3.63) is 0 Å². The molecule has 0 aromatic carbocycles. The van der Waals surface area contributed by atoms with Gasteiger partial charge in [-0.2, -0.15) is 0 Å². The molecule has 0 rings (SSSR count). The number of aliphatic hydroxyl groups is 1. The van der Waals surface area contributed by atoms with Gasteiger partial charge in [-0.25, -0.2) is 4.31 Å². The van der Waals surface area contributed by atoms with Crippen molar-refractivity contribution in [2.45, 2.75) is 6.92 Å². The standard InChI is InChI=1S/C2H6O.Na.H4O5P2/c1-2-3;;1-6(2)5-7(3)4/h3H,2H2,1H3;;6-7H,(H,1,2)(H,3,4). The summed E-state index contributed by atoms with van der Waals surface area (Å²) in [7, 11) is -6.40. The van der Waals surface area contributed by atoms with Crippen LogP contribution in [0.1, 0.15) is 6.92 Å². The van der Waals surface area contributed by atoms with Crippen LogP contribution in [0.25, 0.3) is 0 Å². The van der Waals surface area contributed by atoms with Crippen LogP contribution in [0.4, 0.5) is 0 Å². The molecule has 0 aromatic heterocycles. The molecule has 0 saturated heterocycles. The summed E-state index contributed by atoms with van der Waals surface area (Å²) in [4.78, 5) is 15.4. The van der Waals surface area contributed by atoms with Gasteiger partial charge in [-0.15, -0.1) is 0 Å². The molecule has 0 amide bonds. The van der Waals surface area contributed by atoms with Gasteiger partial charge in [0.1, 0.15) is 0 Å². The summed E-state index contributed by atoms with van der Waals surface area (Å²) < 4.78 is 22.3. The van der Waals surface area contributed by atoms with E-state index in [2.05, 4.69) is 4.31 Å². The third-order valence-corrected chi connectivity index (χ3v) is 1.57. The van der Waals surface area contributed by atoms with E-state index in [4.69, 9.17) is 14.9 Å². The molecule has 0 fully saturated rings. The fourth-order valence-electron chi connectivity index (χ4n) is 0.0747. The van der Waals surface area contributed by atoms with E-state index < -0.39 is 16.5 Å². The number of hydrogen-bond acceptors (Lipinski definition) is 4. The minimum Gasteiger partial charge on any atom is -0.397 e. The zero-order valence-corrected chi connectivity index (χ0v) is 10.3. The van der Waals surface area contributed by atoms with Gasteiger partial charge in [-0.3, -0.25) is 9.13 Å². The zero-order valence-electron chi connectivity index (χ0n) is 6.27. The Hall–Kier alpha value is 1.30. The quantitative estimate of drug-likeness (QED) is 0.419. The maximum Gasteiger partial charge on any atom is 0.323 e. The SMILES string of the molecule is CCO.O=[PH](O)O[PH](=O)O.[Na]. The van der Waals surface area contributed by atoms with Crippen molar-refractivity contribution in [1.29, 1.82) is 0 Å². The van der Waals surface area contributed by atoms with E-state index in [1.54, 1.807) is 6.92 Å². The number of hydrogen-bond donors (Lipinski definition) is 3. The Labute approximate surface area is 87.8 Å². The second-order valence-corrected chi connectivity index (χ2v) is 2.83. The number of rotatable bonds is 2. The minimum atomic E-state index is -3.20. The van der Waals surface area contributed by atoms with Crippen molar-refractivity contribution in [3.8, 4) is 0 Å². The molecule has 0 aliphatic rings. The van der Waals surface area contributed by atoms with Crippen molar-refractivity contribution < 1.29 is 28.3 Å². The molecule has 11 heavy (non-hydrogen) atoms. The third kappa shape index (κ3) is 34.8. The molecule has 6 nitrogen and oxygen atoms in total. The molecule has 65 valence electrons. The summed E-state index contributed by atoms with van der Waals surface area (Å²) >= 11 is 0. The molecule has 0 spiro atoms. The van der Waals surface area contributed by atoms with Crippen LogP contribution < -0.4 is 0 Å². The summed E-state index contributed by atoms with van der Waals surface area (Å²) in [6, 6.07) is 0. The van der Waals surface area contributed by atoms with E-state index in [0.29, 0.717) is 0 Å². The molecular weight excluding hydrogens is 205 g/mol. The summed E-state index contributed by atoms with van der Waals surface area (Å²) in [6.07, 6.45) is 0. The summed E-state index contributed by atoms with van der Waals surface area (Å²) in [5, 5.41) is 7.57. The van der Waals surface area contributed by atoms with Crippen LogP contribution in [0.2, 0.25) is 0 Å². The summed E-state index contributed by atoms with van der Waals surface area (Å²) in [5.41, 5.74) is 0. The topological polar surface area (TPSA) is 104 Å². The maximum absolute atomic E-state index is 9.44. The Morgan fingerprint density at radius 2 is 1.45 bits per heavy atom. The van der Waals surface area contributed by atoms with Gasteiger partial charge in [0, 0.05) is 36.2 Å². The average molecular weight is 215 g/mol. The average Bonchev–Trinajstić information content (AvgIpc) is 1.62. The van der Waals surface area contributed by atoms with E-state index in [1.807, 2.05) is 0 Å². The van der Waals surface area contributed by atoms with E-state index >= 15 is 0 Å². The minimum absolute atomic E-state index is 0. The second-order valence-electron chi connectivity index (χ2n) is 0.950. The molecule has 3 N–H and O–H groups in total. The van der Waals surface area contributed by atoms with Gasteiger partial charge in [-0.05, 0) is 6.92 Å². The van der Waals surface area contributed by atoms with Crippen molar-refractivity contribution in [3.63, 3.8) is 0 Å². The van der Waals surface area contributed by atoms with Crippen molar-refractivity contribution in [1.82, 2.24) is 0 Å². The fourth-order valence-corrected chi connectivity index (χ4v) is 0.672. The molecule has 0 heterocycles. The molecule has 2 unspecified atom stereocenters. The predicted octanol–water partition coefficient (Wildman–Crippen LogP) is -0.615. The van der Waals surface area contributed by atoms with Gasteiger partial charge >= 0.3 is 16.5 Å².